The van der Waals surface area contributed by atoms with Crippen LogP contribution in [0.15, 0.2) is 42.5 Å². The number of benzene rings is 2. The summed E-state index contributed by atoms with van der Waals surface area (Å²) in [6, 6.07) is 10.6. The van der Waals surface area contributed by atoms with Crippen LogP contribution in [0.2, 0.25) is 0 Å². The molecule has 1 N–H and O–H groups in total. The monoisotopic (exact) mass is 533 g/mol. The average Bonchev–Trinajstić information content (AvgIpc) is 2.84. The van der Waals surface area contributed by atoms with Gasteiger partial charge in [-0.25, -0.2) is 12.8 Å². The van der Waals surface area contributed by atoms with E-state index in [2.05, 4.69) is 5.32 Å². The summed E-state index contributed by atoms with van der Waals surface area (Å²) in [5.74, 6) is -0.874. The van der Waals surface area contributed by atoms with Crippen LogP contribution in [0.5, 0.6) is 0 Å². The first kappa shape index (κ1) is 30.3. The van der Waals surface area contributed by atoms with Gasteiger partial charge in [0, 0.05) is 25.6 Å². The molecule has 0 aliphatic rings. The lowest BCUT2D eigenvalue weighted by molar-refractivity contribution is -0.141. The summed E-state index contributed by atoms with van der Waals surface area (Å²) in [6.07, 6.45) is 2.67. The van der Waals surface area contributed by atoms with Crippen molar-refractivity contribution in [1.82, 2.24) is 10.2 Å². The van der Waals surface area contributed by atoms with Gasteiger partial charge < -0.3 is 10.2 Å². The molecule has 2 aromatic rings. The van der Waals surface area contributed by atoms with Gasteiger partial charge in [-0.2, -0.15) is 0 Å². The lowest BCUT2D eigenvalue weighted by Gasteiger charge is -2.32. The molecule has 2 atom stereocenters. The predicted octanol–water partition coefficient (Wildman–Crippen LogP) is 4.71. The largest absolute Gasteiger partial charge is 0.352 e. The van der Waals surface area contributed by atoms with E-state index in [1.165, 1.54) is 21.3 Å². The number of nitrogens with zero attached hydrogens (tertiary/aromatic N) is 2. The zero-order chi connectivity index (χ0) is 27.8. The van der Waals surface area contributed by atoms with Crippen molar-refractivity contribution in [3.63, 3.8) is 0 Å². The summed E-state index contributed by atoms with van der Waals surface area (Å²) < 4.78 is 40.0. The third kappa shape index (κ3) is 8.55. The van der Waals surface area contributed by atoms with E-state index in [-0.39, 0.29) is 49.6 Å². The Kier molecular flexibility index (Phi) is 11.1. The van der Waals surface area contributed by atoms with Crippen LogP contribution in [0.3, 0.4) is 0 Å². The van der Waals surface area contributed by atoms with Gasteiger partial charge in [0.1, 0.15) is 11.9 Å². The quantitative estimate of drug-likeness (QED) is 0.404. The first-order chi connectivity index (χ1) is 17.4. The van der Waals surface area contributed by atoms with E-state index in [1.54, 1.807) is 18.2 Å². The summed E-state index contributed by atoms with van der Waals surface area (Å²) in [5, 5.41) is 2.96. The number of carbonyl (C=O) groups is 2. The summed E-state index contributed by atoms with van der Waals surface area (Å²) in [7, 11) is -3.57. The molecule has 37 heavy (non-hydrogen) atoms. The van der Waals surface area contributed by atoms with Gasteiger partial charge in [0.05, 0.1) is 11.9 Å². The second kappa shape index (κ2) is 13.6. The van der Waals surface area contributed by atoms with Crippen molar-refractivity contribution in [2.75, 3.05) is 17.1 Å². The molecule has 7 nitrogen and oxygen atoms in total. The SMILES string of the molecule is CCC(C)NC(=O)C(CC)N(Cc1ccc(F)cc1)C(=O)CCCN(c1cccc(C)c1C)S(C)(=O)=O. The standard InChI is InChI=1S/C28H40FN3O4S/c1-7-21(4)30-28(34)25(8-2)31(19-23-14-16-24(29)17-15-23)27(33)13-10-18-32(37(6,35)36)26-12-9-11-20(3)22(26)5/h9,11-12,14-17,21,25H,7-8,10,13,18-19H2,1-6H3,(H,30,34). The first-order valence-corrected chi connectivity index (χ1v) is 14.6. The van der Waals surface area contributed by atoms with Gasteiger partial charge in [-0.1, -0.05) is 38.1 Å². The van der Waals surface area contributed by atoms with Crippen LogP contribution in [0.4, 0.5) is 10.1 Å². The molecular weight excluding hydrogens is 493 g/mol. The molecule has 0 saturated carbocycles. The van der Waals surface area contributed by atoms with Crippen molar-refractivity contribution in [2.24, 2.45) is 0 Å². The van der Waals surface area contributed by atoms with Gasteiger partial charge in [-0.05, 0) is 74.9 Å². The van der Waals surface area contributed by atoms with E-state index in [0.717, 1.165) is 23.8 Å². The molecule has 0 saturated heterocycles. The van der Waals surface area contributed by atoms with Crippen molar-refractivity contribution in [2.45, 2.75) is 78.9 Å². The molecule has 0 aromatic heterocycles. The average molecular weight is 534 g/mol. The molecular formula is C28H40FN3O4S. The summed E-state index contributed by atoms with van der Waals surface area (Å²) in [4.78, 5) is 28.0. The van der Waals surface area contributed by atoms with E-state index in [0.29, 0.717) is 17.7 Å². The minimum atomic E-state index is -3.57. The van der Waals surface area contributed by atoms with Crippen LogP contribution >= 0.6 is 0 Å². The molecule has 0 fully saturated rings. The molecule has 0 aliphatic carbocycles. The molecule has 0 heterocycles. The maximum absolute atomic E-state index is 13.5. The number of aryl methyl sites for hydroxylation is 1. The molecule has 0 aliphatic heterocycles. The highest BCUT2D eigenvalue weighted by Crippen LogP contribution is 2.25. The van der Waals surface area contributed by atoms with Gasteiger partial charge in [0.15, 0.2) is 0 Å². The van der Waals surface area contributed by atoms with Crippen LogP contribution in [-0.2, 0) is 26.2 Å². The fourth-order valence-electron chi connectivity index (χ4n) is 4.14. The predicted molar refractivity (Wildman–Crippen MR) is 146 cm³/mol. The van der Waals surface area contributed by atoms with Crippen LogP contribution in [0.25, 0.3) is 0 Å². The number of sulfonamides is 1. The molecule has 2 unspecified atom stereocenters. The Morgan fingerprint density at radius 1 is 1.03 bits per heavy atom. The number of carbonyl (C=O) groups excluding carboxylic acids is 2. The molecule has 9 heteroatoms. The fourth-order valence-corrected chi connectivity index (χ4v) is 5.15. The zero-order valence-corrected chi connectivity index (χ0v) is 23.6. The number of anilines is 1. The molecule has 2 amide bonds. The number of nitrogens with one attached hydrogen (secondary N) is 1. The number of hydrogen-bond acceptors (Lipinski definition) is 4. The Balaban J connectivity index is 2.25. The highest BCUT2D eigenvalue weighted by molar-refractivity contribution is 7.92. The summed E-state index contributed by atoms with van der Waals surface area (Å²) in [6.45, 7) is 9.80. The lowest BCUT2D eigenvalue weighted by atomic mass is 10.1. The lowest BCUT2D eigenvalue weighted by Crippen LogP contribution is -2.50. The highest BCUT2D eigenvalue weighted by atomic mass is 32.2. The second-order valence-corrected chi connectivity index (χ2v) is 11.5. The van der Waals surface area contributed by atoms with Gasteiger partial charge in [-0.3, -0.25) is 13.9 Å². The smallest absolute Gasteiger partial charge is 0.243 e. The number of amides is 2. The van der Waals surface area contributed by atoms with Crippen molar-refractivity contribution in [1.29, 1.82) is 0 Å². The Morgan fingerprint density at radius 2 is 1.68 bits per heavy atom. The Bertz CT molecular complexity index is 1170. The topological polar surface area (TPSA) is 86.8 Å². The summed E-state index contributed by atoms with van der Waals surface area (Å²) >= 11 is 0. The molecule has 204 valence electrons. The van der Waals surface area contributed by atoms with Gasteiger partial charge >= 0.3 is 0 Å². The van der Waals surface area contributed by atoms with Crippen molar-refractivity contribution in [3.05, 3.63) is 65.0 Å². The number of rotatable bonds is 13. The Morgan fingerprint density at radius 3 is 2.24 bits per heavy atom. The maximum atomic E-state index is 13.5. The summed E-state index contributed by atoms with van der Waals surface area (Å²) in [5.41, 5.74) is 3.14. The first-order valence-electron chi connectivity index (χ1n) is 12.8. The van der Waals surface area contributed by atoms with Gasteiger partial charge in [0.25, 0.3) is 0 Å². The van der Waals surface area contributed by atoms with E-state index in [4.69, 9.17) is 0 Å². The minimum absolute atomic E-state index is 0.0368. The molecule has 0 bridgehead atoms. The fraction of sp³-hybridized carbons (Fsp3) is 0.500. The number of hydrogen-bond donors (Lipinski definition) is 1. The molecule has 2 aromatic carbocycles. The minimum Gasteiger partial charge on any atom is -0.352 e. The van der Waals surface area contributed by atoms with Crippen molar-refractivity contribution < 1.29 is 22.4 Å². The van der Waals surface area contributed by atoms with Crippen LogP contribution in [0.1, 0.15) is 63.1 Å². The second-order valence-electron chi connectivity index (χ2n) is 9.55. The Hall–Kier alpha value is -2.94. The van der Waals surface area contributed by atoms with Crippen LogP contribution in [0, 0.1) is 19.7 Å². The van der Waals surface area contributed by atoms with Crippen molar-refractivity contribution >= 4 is 27.5 Å². The van der Waals surface area contributed by atoms with Gasteiger partial charge in [0.2, 0.25) is 21.8 Å². The van der Waals surface area contributed by atoms with Crippen molar-refractivity contribution in [3.8, 4) is 0 Å². The number of halogens is 1. The molecule has 2 rings (SSSR count). The normalized spacial score (nSPS) is 13.1. The molecule has 0 spiro atoms. The van der Waals surface area contributed by atoms with E-state index >= 15 is 0 Å². The zero-order valence-electron chi connectivity index (χ0n) is 22.8. The highest BCUT2D eigenvalue weighted by Gasteiger charge is 2.29. The van der Waals surface area contributed by atoms with E-state index in [1.807, 2.05) is 46.8 Å². The van der Waals surface area contributed by atoms with Gasteiger partial charge in [-0.15, -0.1) is 0 Å². The van der Waals surface area contributed by atoms with Crippen LogP contribution in [-0.4, -0.2) is 50.0 Å². The third-order valence-electron chi connectivity index (χ3n) is 6.65. The van der Waals surface area contributed by atoms with E-state index in [9.17, 15) is 22.4 Å². The Labute approximate surface area is 221 Å². The molecule has 0 radical (unpaired) electrons. The van der Waals surface area contributed by atoms with E-state index < -0.39 is 16.1 Å². The van der Waals surface area contributed by atoms with Crippen LogP contribution < -0.4 is 9.62 Å². The maximum Gasteiger partial charge on any atom is 0.243 e. The third-order valence-corrected chi connectivity index (χ3v) is 7.83.